The number of hydrogen-bond acceptors (Lipinski definition) is 3. The van der Waals surface area contributed by atoms with E-state index in [1.165, 1.54) is 0 Å². The molecule has 0 aliphatic carbocycles. The Morgan fingerprint density at radius 1 is 1.56 bits per heavy atom. The van der Waals surface area contributed by atoms with Crippen LogP contribution in [0.25, 0.3) is 0 Å². The molecule has 6 heteroatoms. The number of carbonyl (C=O) groups is 2. The summed E-state index contributed by atoms with van der Waals surface area (Å²) in [4.78, 5) is 22.1. The van der Waals surface area contributed by atoms with Crippen molar-refractivity contribution in [3.63, 3.8) is 0 Å². The maximum absolute atomic E-state index is 11.4. The van der Waals surface area contributed by atoms with Gasteiger partial charge in [-0.2, -0.15) is 5.10 Å². The standard InChI is InChI=1S/C10H15N3O3/c1-2-8(10(15)16)12-9(14)4-7-13-6-3-5-11-13/h3,5-6,8H,2,4,7H2,1H3,(H,12,14)(H,15,16)/t8-/m1/s1. The molecular formula is C10H15N3O3. The van der Waals surface area contributed by atoms with Gasteiger partial charge in [-0.25, -0.2) is 4.79 Å². The lowest BCUT2D eigenvalue weighted by molar-refractivity contribution is -0.141. The number of carboxylic acids is 1. The minimum atomic E-state index is -1.00. The molecular weight excluding hydrogens is 210 g/mol. The van der Waals surface area contributed by atoms with Gasteiger partial charge in [-0.05, 0) is 12.5 Å². The van der Waals surface area contributed by atoms with Gasteiger partial charge in [0.15, 0.2) is 0 Å². The lowest BCUT2D eigenvalue weighted by atomic mass is 10.2. The van der Waals surface area contributed by atoms with Gasteiger partial charge in [0.1, 0.15) is 6.04 Å². The van der Waals surface area contributed by atoms with Crippen molar-refractivity contribution in [1.82, 2.24) is 15.1 Å². The predicted molar refractivity (Wildman–Crippen MR) is 56.7 cm³/mol. The van der Waals surface area contributed by atoms with Crippen LogP contribution in [0, 0.1) is 0 Å². The fraction of sp³-hybridized carbons (Fsp3) is 0.500. The number of rotatable bonds is 6. The third-order valence-corrected chi connectivity index (χ3v) is 2.17. The van der Waals surface area contributed by atoms with Crippen molar-refractivity contribution in [3.05, 3.63) is 18.5 Å². The molecule has 1 aromatic rings. The molecule has 0 spiro atoms. The highest BCUT2D eigenvalue weighted by Gasteiger charge is 2.16. The van der Waals surface area contributed by atoms with Crippen molar-refractivity contribution in [3.8, 4) is 0 Å². The number of aliphatic carboxylic acids is 1. The number of carboxylic acid groups (broad SMARTS) is 1. The second kappa shape index (κ2) is 5.89. The van der Waals surface area contributed by atoms with Crippen LogP contribution in [0.2, 0.25) is 0 Å². The van der Waals surface area contributed by atoms with Crippen LogP contribution in [-0.4, -0.2) is 32.8 Å². The maximum atomic E-state index is 11.4. The number of amides is 1. The van der Waals surface area contributed by atoms with Crippen molar-refractivity contribution < 1.29 is 14.7 Å². The quantitative estimate of drug-likeness (QED) is 0.727. The van der Waals surface area contributed by atoms with Gasteiger partial charge in [0.05, 0.1) is 0 Å². The van der Waals surface area contributed by atoms with Gasteiger partial charge in [0.25, 0.3) is 0 Å². The van der Waals surface area contributed by atoms with Crippen molar-refractivity contribution >= 4 is 11.9 Å². The zero-order valence-electron chi connectivity index (χ0n) is 9.09. The minimum absolute atomic E-state index is 0.228. The van der Waals surface area contributed by atoms with Gasteiger partial charge in [0.2, 0.25) is 5.91 Å². The fourth-order valence-electron chi connectivity index (χ4n) is 1.25. The van der Waals surface area contributed by atoms with E-state index in [4.69, 9.17) is 5.11 Å². The lowest BCUT2D eigenvalue weighted by Crippen LogP contribution is -2.40. The Balaban J connectivity index is 2.33. The van der Waals surface area contributed by atoms with Crippen LogP contribution in [0.4, 0.5) is 0 Å². The monoisotopic (exact) mass is 225 g/mol. The minimum Gasteiger partial charge on any atom is -0.480 e. The molecule has 1 rings (SSSR count). The highest BCUT2D eigenvalue weighted by atomic mass is 16.4. The molecule has 16 heavy (non-hydrogen) atoms. The number of nitrogens with zero attached hydrogens (tertiary/aromatic N) is 2. The number of aromatic nitrogens is 2. The van der Waals surface area contributed by atoms with E-state index in [1.807, 2.05) is 0 Å². The molecule has 2 N–H and O–H groups in total. The molecule has 0 fully saturated rings. The van der Waals surface area contributed by atoms with Gasteiger partial charge in [-0.1, -0.05) is 6.92 Å². The summed E-state index contributed by atoms with van der Waals surface area (Å²) < 4.78 is 1.63. The first-order valence-corrected chi connectivity index (χ1v) is 5.13. The fourth-order valence-corrected chi connectivity index (χ4v) is 1.25. The van der Waals surface area contributed by atoms with E-state index in [-0.39, 0.29) is 12.3 Å². The number of hydrogen-bond donors (Lipinski definition) is 2. The largest absolute Gasteiger partial charge is 0.480 e. The maximum Gasteiger partial charge on any atom is 0.326 e. The van der Waals surface area contributed by atoms with Crippen LogP contribution < -0.4 is 5.32 Å². The van der Waals surface area contributed by atoms with Crippen LogP contribution in [0.5, 0.6) is 0 Å². The lowest BCUT2D eigenvalue weighted by Gasteiger charge is -2.11. The van der Waals surface area contributed by atoms with E-state index in [0.717, 1.165) is 0 Å². The Kier molecular flexibility index (Phi) is 4.50. The average molecular weight is 225 g/mol. The summed E-state index contributed by atoms with van der Waals surface area (Å²) in [5.41, 5.74) is 0. The summed E-state index contributed by atoms with van der Waals surface area (Å²) in [6, 6.07) is 0.967. The number of aryl methyl sites for hydroxylation is 1. The van der Waals surface area contributed by atoms with Crippen molar-refractivity contribution in [1.29, 1.82) is 0 Å². The Hall–Kier alpha value is -1.85. The van der Waals surface area contributed by atoms with Gasteiger partial charge >= 0.3 is 5.97 Å². The molecule has 0 aliphatic heterocycles. The van der Waals surface area contributed by atoms with Crippen molar-refractivity contribution in [2.45, 2.75) is 32.4 Å². The molecule has 6 nitrogen and oxygen atoms in total. The summed E-state index contributed by atoms with van der Waals surface area (Å²) >= 11 is 0. The van der Waals surface area contributed by atoms with E-state index >= 15 is 0 Å². The first kappa shape index (κ1) is 12.2. The molecule has 1 amide bonds. The molecule has 0 saturated heterocycles. The van der Waals surface area contributed by atoms with Gasteiger partial charge in [0, 0.05) is 25.4 Å². The van der Waals surface area contributed by atoms with Crippen molar-refractivity contribution in [2.75, 3.05) is 0 Å². The zero-order chi connectivity index (χ0) is 12.0. The normalized spacial score (nSPS) is 12.1. The van der Waals surface area contributed by atoms with E-state index in [2.05, 4.69) is 10.4 Å². The van der Waals surface area contributed by atoms with E-state index in [0.29, 0.717) is 13.0 Å². The van der Waals surface area contributed by atoms with E-state index < -0.39 is 12.0 Å². The Labute approximate surface area is 93.3 Å². The van der Waals surface area contributed by atoms with Gasteiger partial charge in [-0.15, -0.1) is 0 Å². The number of carbonyl (C=O) groups excluding carboxylic acids is 1. The first-order valence-electron chi connectivity index (χ1n) is 5.13. The Morgan fingerprint density at radius 2 is 2.31 bits per heavy atom. The molecule has 0 saturated carbocycles. The van der Waals surface area contributed by atoms with Gasteiger partial charge < -0.3 is 10.4 Å². The van der Waals surface area contributed by atoms with Gasteiger partial charge in [-0.3, -0.25) is 9.48 Å². The highest BCUT2D eigenvalue weighted by molar-refractivity contribution is 5.83. The predicted octanol–water partition coefficient (Wildman–Crippen LogP) is 0.253. The molecule has 1 heterocycles. The average Bonchev–Trinajstić information content (AvgIpc) is 2.75. The summed E-state index contributed by atoms with van der Waals surface area (Å²) in [5.74, 6) is -1.28. The SMILES string of the molecule is CC[C@@H](NC(=O)CCn1cccn1)C(=O)O. The molecule has 1 aromatic heterocycles. The summed E-state index contributed by atoms with van der Waals surface area (Å²) in [6.07, 6.45) is 3.99. The molecule has 1 atom stereocenters. The smallest absolute Gasteiger partial charge is 0.326 e. The van der Waals surface area contributed by atoms with E-state index in [9.17, 15) is 9.59 Å². The molecule has 0 unspecified atom stereocenters. The molecule has 0 aliphatic rings. The third-order valence-electron chi connectivity index (χ3n) is 2.17. The Morgan fingerprint density at radius 3 is 2.81 bits per heavy atom. The Bertz CT molecular complexity index is 348. The molecule has 88 valence electrons. The second-order valence-corrected chi connectivity index (χ2v) is 3.39. The molecule has 0 radical (unpaired) electrons. The van der Waals surface area contributed by atoms with Crippen LogP contribution in [-0.2, 0) is 16.1 Å². The zero-order valence-corrected chi connectivity index (χ0v) is 9.09. The van der Waals surface area contributed by atoms with Crippen LogP contribution in [0.1, 0.15) is 19.8 Å². The summed E-state index contributed by atoms with van der Waals surface area (Å²) in [7, 11) is 0. The van der Waals surface area contributed by atoms with Crippen molar-refractivity contribution in [2.24, 2.45) is 0 Å². The van der Waals surface area contributed by atoms with E-state index in [1.54, 1.807) is 30.1 Å². The highest BCUT2D eigenvalue weighted by Crippen LogP contribution is 1.94. The topological polar surface area (TPSA) is 84.2 Å². The summed E-state index contributed by atoms with van der Waals surface area (Å²) in [5, 5.41) is 15.1. The first-order chi connectivity index (χ1) is 7.63. The van der Waals surface area contributed by atoms with Crippen LogP contribution in [0.3, 0.4) is 0 Å². The molecule has 0 aromatic carbocycles. The number of nitrogens with one attached hydrogen (secondary N) is 1. The second-order valence-electron chi connectivity index (χ2n) is 3.39. The summed E-state index contributed by atoms with van der Waals surface area (Å²) in [6.45, 7) is 2.17. The van der Waals surface area contributed by atoms with Crippen LogP contribution >= 0.6 is 0 Å². The molecule has 0 bridgehead atoms. The van der Waals surface area contributed by atoms with Crippen LogP contribution in [0.15, 0.2) is 18.5 Å². The third kappa shape index (κ3) is 3.72.